The van der Waals surface area contributed by atoms with E-state index in [2.05, 4.69) is 18.6 Å². The quantitative estimate of drug-likeness (QED) is 0.192. The van der Waals surface area contributed by atoms with E-state index in [0.717, 1.165) is 21.9 Å². The number of carbonyl (C=O) groups is 1. The van der Waals surface area contributed by atoms with E-state index in [9.17, 15) is 13.2 Å². The third kappa shape index (κ3) is 6.32. The van der Waals surface area contributed by atoms with Gasteiger partial charge in [0.2, 0.25) is 15.9 Å². The van der Waals surface area contributed by atoms with Crippen molar-refractivity contribution in [3.05, 3.63) is 114 Å². The van der Waals surface area contributed by atoms with E-state index in [4.69, 9.17) is 9.73 Å². The van der Waals surface area contributed by atoms with Crippen molar-refractivity contribution in [1.29, 1.82) is 0 Å². The van der Waals surface area contributed by atoms with Crippen LogP contribution >= 0.6 is 0 Å². The highest BCUT2D eigenvalue weighted by Crippen LogP contribution is 2.36. The fraction of sp³-hybridized carbons (Fsp3) is 0.314. The van der Waals surface area contributed by atoms with Crippen LogP contribution in [-0.4, -0.2) is 31.9 Å². The van der Waals surface area contributed by atoms with Crippen LogP contribution in [0.5, 0.6) is 0 Å². The molecule has 0 spiro atoms. The van der Waals surface area contributed by atoms with E-state index in [1.54, 1.807) is 12.1 Å². The van der Waals surface area contributed by atoms with E-state index in [0.29, 0.717) is 24.8 Å². The molecular weight excluding hydrogens is 544 g/mol. The van der Waals surface area contributed by atoms with Gasteiger partial charge in [0.15, 0.2) is 5.54 Å². The summed E-state index contributed by atoms with van der Waals surface area (Å²) in [4.78, 5) is 19.0. The van der Waals surface area contributed by atoms with Crippen LogP contribution in [0.4, 0.5) is 0 Å². The summed E-state index contributed by atoms with van der Waals surface area (Å²) >= 11 is 0. The van der Waals surface area contributed by atoms with Crippen molar-refractivity contribution in [2.45, 2.75) is 69.4 Å². The molecule has 4 aromatic rings. The van der Waals surface area contributed by atoms with Crippen LogP contribution in [0.15, 0.2) is 107 Å². The van der Waals surface area contributed by atoms with Crippen LogP contribution in [0.25, 0.3) is 10.8 Å². The lowest BCUT2D eigenvalue weighted by molar-refractivity contribution is -0.140. The number of nitrogens with one attached hydrogen (secondary N) is 1. The van der Waals surface area contributed by atoms with Crippen LogP contribution < -0.4 is 4.72 Å². The first-order chi connectivity index (χ1) is 20.1. The Morgan fingerprint density at radius 3 is 2.17 bits per heavy atom. The number of hydrogen-bond donors (Lipinski definition) is 1. The van der Waals surface area contributed by atoms with Crippen molar-refractivity contribution in [3.8, 4) is 0 Å². The molecule has 4 aromatic carbocycles. The molecule has 1 N–H and O–H groups in total. The number of ether oxygens (including phenoxy) is 1. The predicted octanol–water partition coefficient (Wildman–Crippen LogP) is 7.03. The zero-order valence-electron chi connectivity index (χ0n) is 24.6. The number of carbonyl (C=O) groups excluding carboxylic acids is 1. The second-order valence-corrected chi connectivity index (χ2v) is 13.5. The normalized spacial score (nSPS) is 18.0. The molecule has 1 aliphatic heterocycles. The van der Waals surface area contributed by atoms with Crippen LogP contribution in [0.1, 0.15) is 63.1 Å². The van der Waals surface area contributed by atoms with Gasteiger partial charge in [0, 0.05) is 5.56 Å². The maximum absolute atomic E-state index is 13.9. The second kappa shape index (κ2) is 12.2. The van der Waals surface area contributed by atoms with E-state index in [-0.39, 0.29) is 22.6 Å². The standard InChI is InChI=1S/C35H38N2O4S/c1-24(2)23-35(34(38)41-33(36-35)30-16-15-28-12-8-9-13-29(28)22-30)32(21-14-26-10-6-5-7-11-26)37-42(39,40)31-19-17-27(18-20-31)25(3)4/h5-13,15-20,22,24-25,32,37H,14,21,23H2,1-4H3/t32-,35-/m0/s1. The molecule has 6 nitrogen and oxygen atoms in total. The first kappa shape index (κ1) is 29.7. The van der Waals surface area contributed by atoms with E-state index < -0.39 is 27.6 Å². The van der Waals surface area contributed by atoms with Crippen LogP contribution in [0.3, 0.4) is 0 Å². The minimum atomic E-state index is -3.98. The fourth-order valence-corrected chi connectivity index (χ4v) is 6.94. The fourth-order valence-electron chi connectivity index (χ4n) is 5.62. The molecule has 218 valence electrons. The highest BCUT2D eigenvalue weighted by atomic mass is 32.2. The number of nitrogens with zero attached hydrogens (tertiary/aromatic N) is 1. The number of hydrogen-bond acceptors (Lipinski definition) is 5. The number of benzene rings is 4. The van der Waals surface area contributed by atoms with Gasteiger partial charge in [0.1, 0.15) is 0 Å². The van der Waals surface area contributed by atoms with Crippen molar-refractivity contribution in [2.75, 3.05) is 0 Å². The zero-order valence-corrected chi connectivity index (χ0v) is 25.4. The van der Waals surface area contributed by atoms with Gasteiger partial charge in [-0.1, -0.05) is 100 Å². The van der Waals surface area contributed by atoms with Crippen molar-refractivity contribution in [1.82, 2.24) is 4.72 Å². The Hall–Kier alpha value is -3.81. The number of cyclic esters (lactones) is 1. The molecule has 0 fully saturated rings. The van der Waals surface area contributed by atoms with Gasteiger partial charge in [0.05, 0.1) is 10.9 Å². The van der Waals surface area contributed by atoms with Crippen molar-refractivity contribution in [3.63, 3.8) is 0 Å². The number of rotatable bonds is 11. The third-order valence-corrected chi connectivity index (χ3v) is 9.34. The summed E-state index contributed by atoms with van der Waals surface area (Å²) in [6.45, 7) is 8.14. The lowest BCUT2D eigenvalue weighted by atomic mass is 9.81. The molecule has 1 aliphatic rings. The van der Waals surface area contributed by atoms with Crippen LogP contribution in [0.2, 0.25) is 0 Å². The maximum Gasteiger partial charge on any atom is 0.342 e. The summed E-state index contributed by atoms with van der Waals surface area (Å²) in [5.41, 5.74) is 1.36. The number of aliphatic imine (C=N–C) groups is 1. The topological polar surface area (TPSA) is 84.8 Å². The van der Waals surface area contributed by atoms with Crippen LogP contribution in [-0.2, 0) is 26.0 Å². The zero-order chi connectivity index (χ0) is 29.9. The lowest BCUT2D eigenvalue weighted by Crippen LogP contribution is -2.55. The van der Waals surface area contributed by atoms with Gasteiger partial charge in [-0.15, -0.1) is 0 Å². The number of aryl methyl sites for hydroxylation is 1. The highest BCUT2D eigenvalue weighted by Gasteiger charge is 2.53. The minimum Gasteiger partial charge on any atom is -0.405 e. The predicted molar refractivity (Wildman–Crippen MR) is 168 cm³/mol. The minimum absolute atomic E-state index is 0.0475. The van der Waals surface area contributed by atoms with Gasteiger partial charge >= 0.3 is 5.97 Å². The summed E-state index contributed by atoms with van der Waals surface area (Å²) < 4.78 is 36.4. The SMILES string of the molecule is CC(C)C[C@@]1([C@H](CCc2ccccc2)NS(=O)(=O)c2ccc(C(C)C)cc2)N=C(c2ccc3ccccc3c2)OC1=O. The number of fused-ring (bicyclic) bond motifs is 1. The number of esters is 1. The molecular formula is C35H38N2O4S. The first-order valence-electron chi connectivity index (χ1n) is 14.5. The molecule has 0 radical (unpaired) electrons. The van der Waals surface area contributed by atoms with E-state index in [1.165, 1.54) is 0 Å². The Morgan fingerprint density at radius 2 is 1.50 bits per heavy atom. The molecule has 5 rings (SSSR count). The van der Waals surface area contributed by atoms with E-state index in [1.807, 2.05) is 98.8 Å². The average Bonchev–Trinajstić information content (AvgIpc) is 3.31. The van der Waals surface area contributed by atoms with Gasteiger partial charge in [-0.2, -0.15) is 0 Å². The molecule has 0 bridgehead atoms. The Kier molecular flexibility index (Phi) is 8.62. The van der Waals surface area contributed by atoms with Gasteiger partial charge < -0.3 is 4.74 Å². The Morgan fingerprint density at radius 1 is 0.833 bits per heavy atom. The van der Waals surface area contributed by atoms with Crippen molar-refractivity contribution < 1.29 is 17.9 Å². The van der Waals surface area contributed by atoms with Crippen molar-refractivity contribution >= 4 is 32.7 Å². The molecule has 0 aliphatic carbocycles. The molecule has 0 amide bonds. The van der Waals surface area contributed by atoms with Gasteiger partial charge in [-0.3, -0.25) is 0 Å². The van der Waals surface area contributed by atoms with Gasteiger partial charge in [-0.25, -0.2) is 22.9 Å². The molecule has 0 aromatic heterocycles. The average molecular weight is 583 g/mol. The molecule has 0 saturated heterocycles. The summed E-state index contributed by atoms with van der Waals surface area (Å²) in [5, 5.41) is 2.07. The molecule has 0 unspecified atom stereocenters. The molecule has 42 heavy (non-hydrogen) atoms. The van der Waals surface area contributed by atoms with Gasteiger partial charge in [0.25, 0.3) is 0 Å². The summed E-state index contributed by atoms with van der Waals surface area (Å²) in [6, 6.07) is 29.7. The first-order valence-corrected chi connectivity index (χ1v) is 16.0. The largest absolute Gasteiger partial charge is 0.405 e. The van der Waals surface area contributed by atoms with Crippen molar-refractivity contribution in [2.24, 2.45) is 10.9 Å². The van der Waals surface area contributed by atoms with Gasteiger partial charge in [-0.05, 0) is 77.3 Å². The van der Waals surface area contributed by atoms with Crippen LogP contribution in [0, 0.1) is 5.92 Å². The Labute approximate surface area is 248 Å². The Balaban J connectivity index is 1.56. The molecule has 0 saturated carbocycles. The smallest absolute Gasteiger partial charge is 0.342 e. The third-order valence-electron chi connectivity index (χ3n) is 7.86. The summed E-state index contributed by atoms with van der Waals surface area (Å²) in [6.07, 6.45) is 1.26. The van der Waals surface area contributed by atoms with E-state index >= 15 is 0 Å². The second-order valence-electron chi connectivity index (χ2n) is 11.8. The Bertz CT molecular complexity index is 1700. The summed E-state index contributed by atoms with van der Waals surface area (Å²) in [5.74, 6) is 0.0111. The molecule has 2 atom stereocenters. The maximum atomic E-state index is 13.9. The molecule has 7 heteroatoms. The monoisotopic (exact) mass is 582 g/mol. The highest BCUT2D eigenvalue weighted by molar-refractivity contribution is 7.89. The summed E-state index contributed by atoms with van der Waals surface area (Å²) in [7, 11) is -3.98. The lowest BCUT2D eigenvalue weighted by Gasteiger charge is -2.33. The molecule has 1 heterocycles. The number of sulfonamides is 1.